The van der Waals surface area contributed by atoms with E-state index >= 15 is 0 Å². The summed E-state index contributed by atoms with van der Waals surface area (Å²) in [5, 5.41) is 13.2. The van der Waals surface area contributed by atoms with Crippen molar-refractivity contribution in [3.8, 4) is 0 Å². The lowest BCUT2D eigenvalue weighted by molar-refractivity contribution is 0.0122. The quantitative estimate of drug-likeness (QED) is 0.617. The molecule has 1 fully saturated rings. The summed E-state index contributed by atoms with van der Waals surface area (Å²) < 4.78 is 10.2. The van der Waals surface area contributed by atoms with Crippen LogP contribution < -0.4 is 5.32 Å². The van der Waals surface area contributed by atoms with Crippen molar-refractivity contribution in [3.05, 3.63) is 0 Å². The molecule has 0 heterocycles. The molecule has 0 bridgehead atoms. The molecule has 0 aliphatic heterocycles. The Morgan fingerprint density at radius 2 is 1.94 bits per heavy atom. The van der Waals surface area contributed by atoms with Crippen molar-refractivity contribution in [2.24, 2.45) is 5.92 Å². The van der Waals surface area contributed by atoms with Gasteiger partial charge in [-0.15, -0.1) is 0 Å². The maximum Gasteiger partial charge on any atom is 0.0897 e. The molecule has 4 nitrogen and oxygen atoms in total. The number of rotatable bonds is 9. The molecule has 1 aliphatic carbocycles. The monoisotopic (exact) mass is 259 g/mol. The van der Waals surface area contributed by atoms with Crippen LogP contribution in [0, 0.1) is 5.92 Å². The maximum atomic E-state index is 9.77. The molecule has 1 rings (SSSR count). The first-order valence-corrected chi connectivity index (χ1v) is 7.22. The first-order valence-electron chi connectivity index (χ1n) is 7.22. The van der Waals surface area contributed by atoms with Crippen molar-refractivity contribution in [2.75, 3.05) is 33.5 Å². The minimum Gasteiger partial charge on any atom is -0.389 e. The third-order valence-corrected chi connectivity index (χ3v) is 3.77. The Morgan fingerprint density at radius 1 is 1.22 bits per heavy atom. The van der Waals surface area contributed by atoms with Crippen molar-refractivity contribution in [1.29, 1.82) is 0 Å². The fraction of sp³-hybridized carbons (Fsp3) is 1.00. The summed E-state index contributed by atoms with van der Waals surface area (Å²) in [7, 11) is 1.65. The molecule has 0 spiro atoms. The summed E-state index contributed by atoms with van der Waals surface area (Å²) in [4.78, 5) is 0. The number of ether oxygens (including phenoxy) is 2. The molecule has 2 N–H and O–H groups in total. The summed E-state index contributed by atoms with van der Waals surface area (Å²) in [5.74, 6) is 0.778. The van der Waals surface area contributed by atoms with E-state index in [1.807, 2.05) is 0 Å². The molecule has 0 aromatic heterocycles. The number of hydrogen-bond donors (Lipinski definition) is 2. The van der Waals surface area contributed by atoms with Crippen molar-refractivity contribution < 1.29 is 14.6 Å². The molecule has 18 heavy (non-hydrogen) atoms. The van der Waals surface area contributed by atoms with E-state index in [0.29, 0.717) is 32.4 Å². The Morgan fingerprint density at radius 3 is 2.61 bits per heavy atom. The van der Waals surface area contributed by atoms with Gasteiger partial charge in [0.05, 0.1) is 25.9 Å². The molecule has 1 aliphatic rings. The van der Waals surface area contributed by atoms with Gasteiger partial charge in [0.1, 0.15) is 0 Å². The van der Waals surface area contributed by atoms with Crippen LogP contribution in [0.15, 0.2) is 0 Å². The number of methoxy groups -OCH3 is 1. The lowest BCUT2D eigenvalue weighted by atomic mass is 9.84. The summed E-state index contributed by atoms with van der Waals surface area (Å²) in [6.45, 7) is 4.36. The zero-order chi connectivity index (χ0) is 13.2. The van der Waals surface area contributed by atoms with Gasteiger partial charge in [0, 0.05) is 19.7 Å². The van der Waals surface area contributed by atoms with Crippen LogP contribution in [0.5, 0.6) is 0 Å². The minimum absolute atomic E-state index is 0.383. The standard InChI is InChI=1S/C14H29NO3/c1-12(13-6-4-3-5-7-13)15-10-14(16)11-18-9-8-17-2/h12-16H,3-11H2,1-2H3/t12-,14?/m1/s1. The predicted molar refractivity (Wildman–Crippen MR) is 72.7 cm³/mol. The van der Waals surface area contributed by atoms with E-state index in [-0.39, 0.29) is 0 Å². The van der Waals surface area contributed by atoms with Crippen LogP contribution in [0.3, 0.4) is 0 Å². The number of hydrogen-bond acceptors (Lipinski definition) is 4. The van der Waals surface area contributed by atoms with Crippen molar-refractivity contribution in [2.45, 2.75) is 51.2 Å². The van der Waals surface area contributed by atoms with Crippen LogP contribution in [0.25, 0.3) is 0 Å². The van der Waals surface area contributed by atoms with Crippen molar-refractivity contribution in [1.82, 2.24) is 5.32 Å². The van der Waals surface area contributed by atoms with Gasteiger partial charge in [-0.05, 0) is 25.7 Å². The normalized spacial score (nSPS) is 20.8. The van der Waals surface area contributed by atoms with Crippen LogP contribution >= 0.6 is 0 Å². The highest BCUT2D eigenvalue weighted by atomic mass is 16.5. The average molecular weight is 259 g/mol. The molecule has 0 aromatic carbocycles. The second-order valence-electron chi connectivity index (χ2n) is 5.32. The molecule has 2 atom stereocenters. The van der Waals surface area contributed by atoms with Gasteiger partial charge in [-0.25, -0.2) is 0 Å². The Balaban J connectivity index is 2.03. The number of aliphatic hydroxyl groups is 1. The van der Waals surface area contributed by atoms with Crippen LogP contribution in [0.1, 0.15) is 39.0 Å². The van der Waals surface area contributed by atoms with E-state index in [2.05, 4.69) is 12.2 Å². The Kier molecular flexibility index (Phi) is 8.59. The molecule has 1 saturated carbocycles. The Labute approximate surface area is 111 Å². The van der Waals surface area contributed by atoms with Crippen LogP contribution in [-0.2, 0) is 9.47 Å². The highest BCUT2D eigenvalue weighted by molar-refractivity contribution is 4.76. The van der Waals surface area contributed by atoms with Crippen LogP contribution in [0.4, 0.5) is 0 Å². The zero-order valence-electron chi connectivity index (χ0n) is 11.9. The van der Waals surface area contributed by atoms with Gasteiger partial charge >= 0.3 is 0 Å². The largest absolute Gasteiger partial charge is 0.389 e. The van der Waals surface area contributed by atoms with Crippen molar-refractivity contribution in [3.63, 3.8) is 0 Å². The number of aliphatic hydroxyl groups excluding tert-OH is 1. The lowest BCUT2D eigenvalue weighted by Crippen LogP contribution is -2.40. The molecule has 4 heteroatoms. The predicted octanol–water partition coefficient (Wildman–Crippen LogP) is 1.57. The fourth-order valence-corrected chi connectivity index (χ4v) is 2.54. The van der Waals surface area contributed by atoms with E-state index in [1.54, 1.807) is 7.11 Å². The maximum absolute atomic E-state index is 9.77. The Hall–Kier alpha value is -0.160. The van der Waals surface area contributed by atoms with Crippen LogP contribution in [-0.4, -0.2) is 50.7 Å². The minimum atomic E-state index is -0.423. The molecule has 0 saturated heterocycles. The number of nitrogens with one attached hydrogen (secondary N) is 1. The van der Waals surface area contributed by atoms with E-state index in [1.165, 1.54) is 32.1 Å². The molecule has 1 unspecified atom stereocenters. The van der Waals surface area contributed by atoms with Gasteiger partial charge in [0.25, 0.3) is 0 Å². The molecular weight excluding hydrogens is 230 g/mol. The first kappa shape index (κ1) is 15.9. The lowest BCUT2D eigenvalue weighted by Gasteiger charge is -2.29. The summed E-state index contributed by atoms with van der Waals surface area (Å²) >= 11 is 0. The van der Waals surface area contributed by atoms with E-state index in [0.717, 1.165) is 5.92 Å². The van der Waals surface area contributed by atoms with Crippen LogP contribution in [0.2, 0.25) is 0 Å². The molecular formula is C14H29NO3. The van der Waals surface area contributed by atoms with Gasteiger partial charge in [0.2, 0.25) is 0 Å². The van der Waals surface area contributed by atoms with Gasteiger partial charge in [-0.1, -0.05) is 19.3 Å². The third-order valence-electron chi connectivity index (χ3n) is 3.77. The summed E-state index contributed by atoms with van der Waals surface area (Å²) in [6.07, 6.45) is 6.34. The van der Waals surface area contributed by atoms with Gasteiger partial charge in [-0.3, -0.25) is 0 Å². The average Bonchev–Trinajstić information content (AvgIpc) is 2.42. The highest BCUT2D eigenvalue weighted by Crippen LogP contribution is 2.26. The molecule has 108 valence electrons. The SMILES string of the molecule is COCCOCC(O)CN[C@H](C)C1CCCCC1. The zero-order valence-corrected chi connectivity index (χ0v) is 11.9. The van der Waals surface area contributed by atoms with E-state index in [4.69, 9.17) is 9.47 Å². The fourth-order valence-electron chi connectivity index (χ4n) is 2.54. The first-order chi connectivity index (χ1) is 8.74. The van der Waals surface area contributed by atoms with Gasteiger partial charge in [-0.2, -0.15) is 0 Å². The van der Waals surface area contributed by atoms with Gasteiger partial charge in [0.15, 0.2) is 0 Å². The topological polar surface area (TPSA) is 50.7 Å². The van der Waals surface area contributed by atoms with E-state index in [9.17, 15) is 5.11 Å². The molecule has 0 radical (unpaired) electrons. The molecule has 0 amide bonds. The molecule has 0 aromatic rings. The van der Waals surface area contributed by atoms with Gasteiger partial charge < -0.3 is 19.9 Å². The summed E-state index contributed by atoms with van der Waals surface area (Å²) in [6, 6.07) is 0.499. The summed E-state index contributed by atoms with van der Waals surface area (Å²) in [5.41, 5.74) is 0. The third kappa shape index (κ3) is 6.69. The highest BCUT2D eigenvalue weighted by Gasteiger charge is 2.20. The van der Waals surface area contributed by atoms with E-state index < -0.39 is 6.10 Å². The smallest absolute Gasteiger partial charge is 0.0897 e. The second kappa shape index (κ2) is 9.73. The Bertz CT molecular complexity index is 195. The van der Waals surface area contributed by atoms with Crippen molar-refractivity contribution >= 4 is 0 Å². The second-order valence-corrected chi connectivity index (χ2v) is 5.32.